The molecule has 1 aliphatic heterocycles. The monoisotopic (exact) mass is 306 g/mol. The molecule has 2 unspecified atom stereocenters. The van der Waals surface area contributed by atoms with Crippen molar-refractivity contribution in [2.24, 2.45) is 11.8 Å². The van der Waals surface area contributed by atoms with E-state index in [4.69, 9.17) is 0 Å². The highest BCUT2D eigenvalue weighted by molar-refractivity contribution is 5.94. The van der Waals surface area contributed by atoms with Crippen LogP contribution in [-0.4, -0.2) is 50.6 Å². The number of aliphatic hydroxyl groups is 1. The molecule has 0 aliphatic carbocycles. The number of hydrogen-bond acceptors (Lipinski definition) is 5. The van der Waals surface area contributed by atoms with Crippen molar-refractivity contribution in [3.05, 3.63) is 18.0 Å². The maximum Gasteiger partial charge on any atom is 0.257 e. The fourth-order valence-corrected chi connectivity index (χ4v) is 2.87. The van der Waals surface area contributed by atoms with Crippen LogP contribution < -0.4 is 5.32 Å². The van der Waals surface area contributed by atoms with Gasteiger partial charge >= 0.3 is 0 Å². The summed E-state index contributed by atoms with van der Waals surface area (Å²) in [6.07, 6.45) is 3.08. The average molecular weight is 306 g/mol. The van der Waals surface area contributed by atoms with E-state index in [-0.39, 0.29) is 23.8 Å². The fraction of sp³-hybridized carbons (Fsp3) is 0.688. The molecule has 1 aromatic rings. The number of hydrogen-bond donors (Lipinski definition) is 2. The standard InChI is InChI=1S/C16H26N4O2/c1-10(2)16(22)9-20(8-12(16)5)14(21)13-6-17-15(18-7-13)19-11(3)4/h6-7,10-12,22H,8-9H2,1-5H3,(H,17,18,19). The topological polar surface area (TPSA) is 78.4 Å². The van der Waals surface area contributed by atoms with Crippen molar-refractivity contribution in [2.45, 2.75) is 46.3 Å². The van der Waals surface area contributed by atoms with Gasteiger partial charge in [-0.3, -0.25) is 4.79 Å². The van der Waals surface area contributed by atoms with E-state index in [0.717, 1.165) is 0 Å². The summed E-state index contributed by atoms with van der Waals surface area (Å²) in [6.45, 7) is 10.9. The molecule has 2 atom stereocenters. The normalized spacial score (nSPS) is 25.1. The highest BCUT2D eigenvalue weighted by Gasteiger charge is 2.46. The molecule has 0 radical (unpaired) electrons. The number of rotatable bonds is 4. The third-order valence-electron chi connectivity index (χ3n) is 4.40. The molecule has 0 spiro atoms. The van der Waals surface area contributed by atoms with E-state index in [1.807, 2.05) is 34.6 Å². The molecule has 1 saturated heterocycles. The van der Waals surface area contributed by atoms with Crippen LogP contribution >= 0.6 is 0 Å². The fourth-order valence-electron chi connectivity index (χ4n) is 2.87. The van der Waals surface area contributed by atoms with E-state index in [1.165, 1.54) is 12.4 Å². The van der Waals surface area contributed by atoms with Crippen molar-refractivity contribution < 1.29 is 9.90 Å². The lowest BCUT2D eigenvalue weighted by Gasteiger charge is -2.30. The Morgan fingerprint density at radius 2 is 1.95 bits per heavy atom. The van der Waals surface area contributed by atoms with Gasteiger partial charge in [0.05, 0.1) is 17.7 Å². The van der Waals surface area contributed by atoms with Crippen molar-refractivity contribution in [3.63, 3.8) is 0 Å². The molecular formula is C16H26N4O2. The number of nitrogens with one attached hydrogen (secondary N) is 1. The van der Waals surface area contributed by atoms with Gasteiger partial charge in [-0.05, 0) is 19.8 Å². The van der Waals surface area contributed by atoms with Crippen LogP contribution in [0.1, 0.15) is 45.0 Å². The minimum absolute atomic E-state index is 0.0549. The predicted molar refractivity (Wildman–Crippen MR) is 85.6 cm³/mol. The van der Waals surface area contributed by atoms with E-state index >= 15 is 0 Å². The zero-order chi connectivity index (χ0) is 16.5. The lowest BCUT2D eigenvalue weighted by atomic mass is 9.82. The number of anilines is 1. The average Bonchev–Trinajstić information content (AvgIpc) is 2.75. The van der Waals surface area contributed by atoms with Crippen molar-refractivity contribution in [2.75, 3.05) is 18.4 Å². The largest absolute Gasteiger partial charge is 0.387 e. The third-order valence-corrected chi connectivity index (χ3v) is 4.40. The predicted octanol–water partition coefficient (Wildman–Crippen LogP) is 1.78. The number of likely N-dealkylation sites (tertiary alicyclic amines) is 1. The maximum absolute atomic E-state index is 12.6. The summed E-state index contributed by atoms with van der Waals surface area (Å²) < 4.78 is 0. The van der Waals surface area contributed by atoms with Gasteiger partial charge in [-0.1, -0.05) is 20.8 Å². The van der Waals surface area contributed by atoms with E-state index in [0.29, 0.717) is 24.6 Å². The lowest BCUT2D eigenvalue weighted by Crippen LogP contribution is -2.43. The second-order valence-electron chi connectivity index (χ2n) is 6.83. The first-order valence-corrected chi connectivity index (χ1v) is 7.84. The first kappa shape index (κ1) is 16.7. The summed E-state index contributed by atoms with van der Waals surface area (Å²) in [6, 6.07) is 0.238. The highest BCUT2D eigenvalue weighted by Crippen LogP contribution is 2.34. The molecule has 1 aromatic heterocycles. The molecule has 6 heteroatoms. The first-order chi connectivity index (χ1) is 10.2. The molecule has 0 bridgehead atoms. The number of nitrogens with zero attached hydrogens (tertiary/aromatic N) is 3. The van der Waals surface area contributed by atoms with Crippen LogP contribution in [-0.2, 0) is 0 Å². The molecule has 1 amide bonds. The summed E-state index contributed by atoms with van der Waals surface area (Å²) in [5, 5.41) is 13.8. The van der Waals surface area contributed by atoms with Gasteiger partial charge in [0.1, 0.15) is 0 Å². The number of β-amino-alcohol motifs (C(OH)–C–C–N with tert-alkyl or cyclic N) is 1. The van der Waals surface area contributed by atoms with Gasteiger partial charge < -0.3 is 15.3 Å². The quantitative estimate of drug-likeness (QED) is 0.886. The molecule has 1 aliphatic rings. The van der Waals surface area contributed by atoms with Crippen LogP contribution in [0.3, 0.4) is 0 Å². The Balaban J connectivity index is 2.09. The van der Waals surface area contributed by atoms with E-state index in [1.54, 1.807) is 4.90 Å². The molecule has 2 rings (SSSR count). The van der Waals surface area contributed by atoms with E-state index in [2.05, 4.69) is 15.3 Å². The second kappa shape index (κ2) is 6.20. The van der Waals surface area contributed by atoms with Gasteiger partial charge in [0.15, 0.2) is 0 Å². The lowest BCUT2D eigenvalue weighted by molar-refractivity contribution is -0.0243. The molecule has 122 valence electrons. The van der Waals surface area contributed by atoms with Crippen LogP contribution in [0.15, 0.2) is 12.4 Å². The summed E-state index contributed by atoms with van der Waals surface area (Å²) in [5.74, 6) is 0.549. The number of aromatic nitrogens is 2. The van der Waals surface area contributed by atoms with Gasteiger partial charge in [-0.15, -0.1) is 0 Å². The third kappa shape index (κ3) is 3.21. The van der Waals surface area contributed by atoms with Crippen LogP contribution in [0.25, 0.3) is 0 Å². The Morgan fingerprint density at radius 1 is 1.36 bits per heavy atom. The molecule has 1 fully saturated rings. The van der Waals surface area contributed by atoms with Gasteiger partial charge in [0.25, 0.3) is 5.91 Å². The Morgan fingerprint density at radius 3 is 2.41 bits per heavy atom. The van der Waals surface area contributed by atoms with Crippen molar-refractivity contribution in [1.82, 2.24) is 14.9 Å². The molecule has 0 aromatic carbocycles. The summed E-state index contributed by atoms with van der Waals surface area (Å²) in [5.41, 5.74) is -0.371. The first-order valence-electron chi connectivity index (χ1n) is 7.84. The van der Waals surface area contributed by atoms with Crippen molar-refractivity contribution in [1.29, 1.82) is 0 Å². The van der Waals surface area contributed by atoms with Crippen LogP contribution in [0, 0.1) is 11.8 Å². The number of carbonyl (C=O) groups is 1. The smallest absolute Gasteiger partial charge is 0.257 e. The Hall–Kier alpha value is -1.69. The zero-order valence-corrected chi connectivity index (χ0v) is 14.0. The minimum atomic E-state index is -0.824. The Labute approximate surface area is 132 Å². The van der Waals surface area contributed by atoms with Crippen LogP contribution in [0.4, 0.5) is 5.95 Å². The second-order valence-corrected chi connectivity index (χ2v) is 6.83. The summed E-state index contributed by atoms with van der Waals surface area (Å²) >= 11 is 0. The molecule has 0 saturated carbocycles. The van der Waals surface area contributed by atoms with Crippen LogP contribution in [0.2, 0.25) is 0 Å². The number of amides is 1. The molecule has 6 nitrogen and oxygen atoms in total. The molecular weight excluding hydrogens is 280 g/mol. The van der Waals surface area contributed by atoms with Gasteiger partial charge in [0, 0.05) is 30.9 Å². The van der Waals surface area contributed by atoms with Crippen molar-refractivity contribution >= 4 is 11.9 Å². The van der Waals surface area contributed by atoms with E-state index < -0.39 is 5.60 Å². The highest BCUT2D eigenvalue weighted by atomic mass is 16.3. The SMILES string of the molecule is CC(C)Nc1ncc(C(=O)N2CC(C)C(O)(C(C)C)C2)cn1. The molecule has 2 heterocycles. The zero-order valence-electron chi connectivity index (χ0n) is 14.0. The Bertz CT molecular complexity index is 529. The molecule has 22 heavy (non-hydrogen) atoms. The minimum Gasteiger partial charge on any atom is -0.387 e. The van der Waals surface area contributed by atoms with Gasteiger partial charge in [0.2, 0.25) is 5.95 Å². The van der Waals surface area contributed by atoms with Crippen molar-refractivity contribution in [3.8, 4) is 0 Å². The van der Waals surface area contributed by atoms with E-state index in [9.17, 15) is 9.90 Å². The summed E-state index contributed by atoms with van der Waals surface area (Å²) in [4.78, 5) is 22.6. The van der Waals surface area contributed by atoms with Gasteiger partial charge in [-0.25, -0.2) is 9.97 Å². The maximum atomic E-state index is 12.6. The van der Waals surface area contributed by atoms with Gasteiger partial charge in [-0.2, -0.15) is 0 Å². The summed E-state index contributed by atoms with van der Waals surface area (Å²) in [7, 11) is 0. The number of carbonyl (C=O) groups excluding carboxylic acids is 1. The molecule has 2 N–H and O–H groups in total. The van der Waals surface area contributed by atoms with Crippen LogP contribution in [0.5, 0.6) is 0 Å². The Kier molecular flexibility index (Phi) is 4.70.